The zero-order valence-electron chi connectivity index (χ0n) is 18.6. The lowest BCUT2D eigenvalue weighted by Crippen LogP contribution is -2.53. The van der Waals surface area contributed by atoms with Crippen LogP contribution >= 0.6 is 0 Å². The molecule has 0 radical (unpaired) electrons. The molecule has 1 N–H and O–H groups in total. The van der Waals surface area contributed by atoms with Gasteiger partial charge in [-0.15, -0.1) is 0 Å². The Balaban J connectivity index is 1.38. The SMILES string of the molecule is COc1ccc(CC[C@@]2(C)NC(=O)N(CC(=O)N3CCC[C@@H]4CCCC[C@@H]43)C2=O)cc1. The molecule has 2 aliphatic heterocycles. The van der Waals surface area contributed by atoms with Gasteiger partial charge in [0.05, 0.1) is 7.11 Å². The molecule has 2 heterocycles. The first-order valence-corrected chi connectivity index (χ1v) is 11.5. The number of carbonyl (C=O) groups excluding carboxylic acids is 3. The van der Waals surface area contributed by atoms with Crippen molar-refractivity contribution in [3.05, 3.63) is 29.8 Å². The lowest BCUT2D eigenvalue weighted by atomic mass is 9.78. The Bertz CT molecular complexity index is 838. The molecule has 31 heavy (non-hydrogen) atoms. The van der Waals surface area contributed by atoms with Gasteiger partial charge in [-0.25, -0.2) is 4.79 Å². The number of urea groups is 1. The number of methoxy groups -OCH3 is 1. The van der Waals surface area contributed by atoms with E-state index in [9.17, 15) is 14.4 Å². The maximum Gasteiger partial charge on any atom is 0.325 e. The third-order valence-electron chi connectivity index (χ3n) is 7.27. The number of nitrogens with one attached hydrogen (secondary N) is 1. The molecule has 7 heteroatoms. The molecule has 1 aromatic rings. The monoisotopic (exact) mass is 427 g/mol. The van der Waals surface area contributed by atoms with Gasteiger partial charge in [0.25, 0.3) is 5.91 Å². The van der Waals surface area contributed by atoms with Gasteiger partial charge in [0.1, 0.15) is 17.8 Å². The van der Waals surface area contributed by atoms with Crippen LogP contribution in [0.3, 0.4) is 0 Å². The van der Waals surface area contributed by atoms with Gasteiger partial charge in [0.15, 0.2) is 0 Å². The number of amides is 4. The van der Waals surface area contributed by atoms with Crippen molar-refractivity contribution in [1.82, 2.24) is 15.1 Å². The van der Waals surface area contributed by atoms with E-state index in [-0.39, 0.29) is 24.4 Å². The number of hydrogen-bond acceptors (Lipinski definition) is 4. The Kier molecular flexibility index (Phi) is 6.21. The largest absolute Gasteiger partial charge is 0.497 e. The second kappa shape index (κ2) is 8.89. The molecule has 7 nitrogen and oxygen atoms in total. The summed E-state index contributed by atoms with van der Waals surface area (Å²) in [6.45, 7) is 2.32. The van der Waals surface area contributed by atoms with E-state index in [1.54, 1.807) is 14.0 Å². The molecule has 0 bridgehead atoms. The van der Waals surface area contributed by atoms with E-state index in [1.807, 2.05) is 29.2 Å². The Morgan fingerprint density at radius 3 is 2.58 bits per heavy atom. The molecule has 3 atom stereocenters. The number of rotatable bonds is 6. The minimum Gasteiger partial charge on any atom is -0.497 e. The first-order valence-electron chi connectivity index (χ1n) is 11.5. The predicted molar refractivity (Wildman–Crippen MR) is 117 cm³/mol. The summed E-state index contributed by atoms with van der Waals surface area (Å²) in [5.74, 6) is 0.947. The van der Waals surface area contributed by atoms with E-state index in [0.29, 0.717) is 18.8 Å². The topological polar surface area (TPSA) is 79.0 Å². The number of fused-ring (bicyclic) bond motifs is 1. The van der Waals surface area contributed by atoms with Crippen LogP contribution in [-0.4, -0.2) is 59.4 Å². The van der Waals surface area contributed by atoms with Crippen molar-refractivity contribution in [2.24, 2.45) is 5.92 Å². The average Bonchev–Trinajstić information content (AvgIpc) is 3.00. The van der Waals surface area contributed by atoms with Gasteiger partial charge in [-0.05, 0) is 69.1 Å². The Labute approximate surface area is 184 Å². The summed E-state index contributed by atoms with van der Waals surface area (Å²) >= 11 is 0. The van der Waals surface area contributed by atoms with E-state index >= 15 is 0 Å². The second-order valence-corrected chi connectivity index (χ2v) is 9.34. The van der Waals surface area contributed by atoms with Crippen LogP contribution < -0.4 is 10.1 Å². The van der Waals surface area contributed by atoms with E-state index in [1.165, 1.54) is 19.3 Å². The van der Waals surface area contributed by atoms with Gasteiger partial charge in [0, 0.05) is 12.6 Å². The van der Waals surface area contributed by atoms with Crippen molar-refractivity contribution < 1.29 is 19.1 Å². The summed E-state index contributed by atoms with van der Waals surface area (Å²) in [6, 6.07) is 7.50. The van der Waals surface area contributed by atoms with E-state index < -0.39 is 11.6 Å². The third kappa shape index (κ3) is 4.41. The van der Waals surface area contributed by atoms with Gasteiger partial charge in [-0.3, -0.25) is 14.5 Å². The number of benzene rings is 1. The summed E-state index contributed by atoms with van der Waals surface area (Å²) in [6.07, 6.45) is 7.91. The molecule has 0 spiro atoms. The number of imide groups is 1. The zero-order valence-corrected chi connectivity index (χ0v) is 18.6. The molecular weight excluding hydrogens is 394 g/mol. The number of carbonyl (C=O) groups is 3. The van der Waals surface area contributed by atoms with E-state index in [4.69, 9.17) is 4.74 Å². The van der Waals surface area contributed by atoms with Gasteiger partial charge < -0.3 is 15.0 Å². The minimum atomic E-state index is -0.993. The smallest absolute Gasteiger partial charge is 0.325 e. The minimum absolute atomic E-state index is 0.0977. The highest BCUT2D eigenvalue weighted by molar-refractivity contribution is 6.08. The predicted octanol–water partition coefficient (Wildman–Crippen LogP) is 3.12. The molecule has 0 aromatic heterocycles. The van der Waals surface area contributed by atoms with Crippen LogP contribution in [0.25, 0.3) is 0 Å². The fraction of sp³-hybridized carbons (Fsp3) is 0.625. The third-order valence-corrected chi connectivity index (χ3v) is 7.27. The Morgan fingerprint density at radius 2 is 1.84 bits per heavy atom. The van der Waals surface area contributed by atoms with Crippen LogP contribution in [0.15, 0.2) is 24.3 Å². The normalized spacial score (nSPS) is 28.3. The number of nitrogens with zero attached hydrogens (tertiary/aromatic N) is 2. The Morgan fingerprint density at radius 1 is 1.13 bits per heavy atom. The first kappa shape index (κ1) is 21.7. The molecular formula is C24H33N3O4. The standard InChI is InChI=1S/C24H33N3O4/c1-24(14-13-17-9-11-19(31-2)12-10-17)22(29)27(23(30)25-24)16-21(28)26-15-5-7-18-6-3-4-8-20(18)26/h9-12,18,20H,3-8,13-16H2,1-2H3,(H,25,30)/t18-,20-,24+/m0/s1. The highest BCUT2D eigenvalue weighted by Gasteiger charge is 2.48. The van der Waals surface area contributed by atoms with Crippen molar-refractivity contribution >= 4 is 17.8 Å². The molecule has 1 aliphatic carbocycles. The molecule has 168 valence electrons. The van der Waals surface area contributed by atoms with Crippen LogP contribution in [-0.2, 0) is 16.0 Å². The van der Waals surface area contributed by atoms with E-state index in [2.05, 4.69) is 5.32 Å². The number of likely N-dealkylation sites (tertiary alicyclic amines) is 1. The maximum atomic E-state index is 13.1. The fourth-order valence-corrected chi connectivity index (χ4v) is 5.41. The van der Waals surface area contributed by atoms with Crippen molar-refractivity contribution in [1.29, 1.82) is 0 Å². The molecule has 1 saturated carbocycles. The fourth-order valence-electron chi connectivity index (χ4n) is 5.41. The molecule has 0 unspecified atom stereocenters. The average molecular weight is 428 g/mol. The van der Waals surface area contributed by atoms with Crippen LogP contribution in [0.2, 0.25) is 0 Å². The summed E-state index contributed by atoms with van der Waals surface area (Å²) in [4.78, 5) is 41.9. The molecule has 4 rings (SSSR count). The van der Waals surface area contributed by atoms with Crippen molar-refractivity contribution in [2.75, 3.05) is 20.2 Å². The first-order chi connectivity index (χ1) is 14.9. The number of hydrogen-bond donors (Lipinski definition) is 1. The molecule has 3 aliphatic rings. The molecule has 2 saturated heterocycles. The zero-order chi connectivity index (χ0) is 22.0. The summed E-state index contributed by atoms with van der Waals surface area (Å²) < 4.78 is 5.18. The van der Waals surface area contributed by atoms with Crippen molar-refractivity contribution in [2.45, 2.75) is 69.9 Å². The van der Waals surface area contributed by atoms with Crippen molar-refractivity contribution in [3.8, 4) is 5.75 Å². The maximum absolute atomic E-state index is 13.1. The van der Waals surface area contributed by atoms with Crippen LogP contribution in [0.5, 0.6) is 5.75 Å². The van der Waals surface area contributed by atoms with Crippen LogP contribution in [0, 0.1) is 5.92 Å². The summed E-state index contributed by atoms with van der Waals surface area (Å²) in [5.41, 5.74) is 0.0716. The van der Waals surface area contributed by atoms with Crippen LogP contribution in [0.1, 0.15) is 57.4 Å². The van der Waals surface area contributed by atoms with Gasteiger partial charge >= 0.3 is 6.03 Å². The van der Waals surface area contributed by atoms with Gasteiger partial charge in [-0.2, -0.15) is 0 Å². The Hall–Kier alpha value is -2.57. The van der Waals surface area contributed by atoms with Gasteiger partial charge in [-0.1, -0.05) is 25.0 Å². The highest BCUT2D eigenvalue weighted by Crippen LogP contribution is 2.35. The highest BCUT2D eigenvalue weighted by atomic mass is 16.5. The van der Waals surface area contributed by atoms with Crippen LogP contribution in [0.4, 0.5) is 4.79 Å². The number of piperidine rings is 1. The van der Waals surface area contributed by atoms with E-state index in [0.717, 1.165) is 42.0 Å². The number of ether oxygens (including phenoxy) is 1. The second-order valence-electron chi connectivity index (χ2n) is 9.34. The lowest BCUT2D eigenvalue weighted by Gasteiger charge is -2.44. The quantitative estimate of drug-likeness (QED) is 0.708. The molecule has 1 aromatic carbocycles. The summed E-state index contributed by atoms with van der Waals surface area (Å²) in [5, 5.41) is 2.83. The van der Waals surface area contributed by atoms with Gasteiger partial charge in [0.2, 0.25) is 5.91 Å². The molecule has 4 amide bonds. The molecule has 3 fully saturated rings. The lowest BCUT2D eigenvalue weighted by molar-refractivity contribution is -0.142. The summed E-state index contributed by atoms with van der Waals surface area (Å²) in [7, 11) is 1.62. The van der Waals surface area contributed by atoms with Crippen molar-refractivity contribution in [3.63, 3.8) is 0 Å². The number of aryl methyl sites for hydroxylation is 1.